The second-order valence-corrected chi connectivity index (χ2v) is 9.55. The molecule has 1 amide bonds. The van der Waals surface area contributed by atoms with Gasteiger partial charge >= 0.3 is 5.69 Å². The minimum Gasteiger partial charge on any atom is -0.487 e. The van der Waals surface area contributed by atoms with E-state index in [4.69, 9.17) is 4.74 Å². The van der Waals surface area contributed by atoms with Gasteiger partial charge in [0.1, 0.15) is 11.5 Å². The molecule has 176 valence electrons. The van der Waals surface area contributed by atoms with Crippen LogP contribution < -0.4 is 15.7 Å². The lowest BCUT2D eigenvalue weighted by molar-refractivity contribution is 0.0928. The van der Waals surface area contributed by atoms with E-state index in [0.29, 0.717) is 18.2 Å². The molecule has 3 rings (SSSR count). The van der Waals surface area contributed by atoms with E-state index in [2.05, 4.69) is 24.3 Å². The van der Waals surface area contributed by atoms with Crippen LogP contribution in [0.15, 0.2) is 16.9 Å². The van der Waals surface area contributed by atoms with E-state index in [1.54, 1.807) is 7.05 Å². The summed E-state index contributed by atoms with van der Waals surface area (Å²) in [7, 11) is 1.62. The van der Waals surface area contributed by atoms with Crippen LogP contribution in [-0.4, -0.2) is 32.4 Å². The molecule has 1 heterocycles. The first kappa shape index (κ1) is 24.0. The number of rotatable bonds is 8. The van der Waals surface area contributed by atoms with E-state index < -0.39 is 11.5 Å². The van der Waals surface area contributed by atoms with Crippen LogP contribution in [0.5, 0.6) is 5.75 Å². The number of hydrogen-bond donors (Lipinski definition) is 1. The smallest absolute Gasteiger partial charge is 0.350 e. The molecule has 2 aromatic rings. The molecule has 0 spiro atoms. The number of ether oxygens (including phenoxy) is 1. The maximum absolute atomic E-state index is 15.8. The van der Waals surface area contributed by atoms with E-state index >= 15 is 4.39 Å². The van der Waals surface area contributed by atoms with Crippen LogP contribution in [0.1, 0.15) is 88.8 Å². The molecule has 8 heteroatoms. The molecule has 32 heavy (non-hydrogen) atoms. The third-order valence-electron chi connectivity index (χ3n) is 5.89. The molecular formula is C24H35FN4O3. The summed E-state index contributed by atoms with van der Waals surface area (Å²) in [5.41, 5.74) is -0.333. The monoisotopic (exact) mass is 446 g/mol. The Morgan fingerprint density at radius 1 is 1.22 bits per heavy atom. The fourth-order valence-corrected chi connectivity index (χ4v) is 4.36. The van der Waals surface area contributed by atoms with Gasteiger partial charge in [-0.1, -0.05) is 40.5 Å². The summed E-state index contributed by atoms with van der Waals surface area (Å²) >= 11 is 0. The molecule has 0 saturated heterocycles. The van der Waals surface area contributed by atoms with E-state index in [9.17, 15) is 9.59 Å². The molecule has 1 fully saturated rings. The average Bonchev–Trinajstić information content (AvgIpc) is 3.31. The SMILES string of the molecule is CC(C)C[C@H](C)Oc1c(C(=O)NC2CCCC2)ccc(-n2nc(C(C)C)n(C)c2=O)c1F. The van der Waals surface area contributed by atoms with Gasteiger partial charge in [-0.15, -0.1) is 5.10 Å². The minimum atomic E-state index is -0.754. The van der Waals surface area contributed by atoms with Crippen molar-refractivity contribution >= 4 is 5.91 Å². The van der Waals surface area contributed by atoms with Crippen molar-refractivity contribution in [3.63, 3.8) is 0 Å². The zero-order valence-corrected chi connectivity index (χ0v) is 19.9. The van der Waals surface area contributed by atoms with Crippen LogP contribution in [0.25, 0.3) is 5.69 Å². The lowest BCUT2D eigenvalue weighted by Gasteiger charge is -2.21. The maximum atomic E-state index is 15.8. The Morgan fingerprint density at radius 2 is 1.88 bits per heavy atom. The highest BCUT2D eigenvalue weighted by Crippen LogP contribution is 2.30. The fourth-order valence-electron chi connectivity index (χ4n) is 4.36. The number of carbonyl (C=O) groups excluding carboxylic acids is 1. The van der Waals surface area contributed by atoms with Crippen molar-refractivity contribution in [3.8, 4) is 11.4 Å². The fraction of sp³-hybridized carbons (Fsp3) is 0.625. The first-order valence-electron chi connectivity index (χ1n) is 11.6. The standard InChI is InChI=1S/C24H35FN4O3/c1-14(2)13-16(5)32-21-18(23(30)26-17-9-7-8-10-17)11-12-19(20(21)25)29-24(31)28(6)22(27-29)15(3)4/h11-12,14-17H,7-10,13H2,1-6H3,(H,26,30)/t16-/m0/s1. The quantitative estimate of drug-likeness (QED) is 0.655. The number of hydrogen-bond acceptors (Lipinski definition) is 4. The van der Waals surface area contributed by atoms with Gasteiger partial charge in [0.15, 0.2) is 11.6 Å². The molecule has 7 nitrogen and oxygen atoms in total. The van der Waals surface area contributed by atoms with E-state index in [1.165, 1.54) is 16.7 Å². The summed E-state index contributed by atoms with van der Waals surface area (Å²) in [6, 6.07) is 3.05. The summed E-state index contributed by atoms with van der Waals surface area (Å²) in [4.78, 5) is 25.7. The lowest BCUT2D eigenvalue weighted by atomic mass is 10.1. The highest BCUT2D eigenvalue weighted by molar-refractivity contribution is 5.97. The van der Waals surface area contributed by atoms with Gasteiger partial charge in [0, 0.05) is 19.0 Å². The molecular weight excluding hydrogens is 411 g/mol. The molecule has 1 saturated carbocycles. The summed E-state index contributed by atoms with van der Waals surface area (Å²) in [5, 5.41) is 7.34. The molecule has 1 N–H and O–H groups in total. The minimum absolute atomic E-state index is 0.00439. The Kier molecular flexibility index (Phi) is 7.41. The largest absolute Gasteiger partial charge is 0.487 e. The molecule has 1 atom stereocenters. The number of benzene rings is 1. The first-order valence-corrected chi connectivity index (χ1v) is 11.6. The number of halogens is 1. The third kappa shape index (κ3) is 5.05. The van der Waals surface area contributed by atoms with Gasteiger partial charge in [-0.2, -0.15) is 4.68 Å². The van der Waals surface area contributed by atoms with Crippen LogP contribution in [0.4, 0.5) is 4.39 Å². The van der Waals surface area contributed by atoms with Crippen LogP contribution in [0.3, 0.4) is 0 Å². The number of aromatic nitrogens is 3. The second kappa shape index (κ2) is 9.88. The Bertz CT molecular complexity index is 1020. The highest BCUT2D eigenvalue weighted by atomic mass is 19.1. The third-order valence-corrected chi connectivity index (χ3v) is 5.89. The van der Waals surface area contributed by atoms with Gasteiger partial charge in [0.25, 0.3) is 5.91 Å². The molecule has 1 aliphatic rings. The van der Waals surface area contributed by atoms with Crippen molar-refractivity contribution in [2.45, 2.75) is 84.8 Å². The van der Waals surface area contributed by atoms with Gasteiger partial charge in [-0.05, 0) is 44.2 Å². The van der Waals surface area contributed by atoms with Gasteiger partial charge < -0.3 is 10.1 Å². The van der Waals surface area contributed by atoms with Crippen LogP contribution in [-0.2, 0) is 7.05 Å². The predicted molar refractivity (Wildman–Crippen MR) is 122 cm³/mol. The zero-order valence-electron chi connectivity index (χ0n) is 19.9. The molecule has 1 aliphatic carbocycles. The first-order chi connectivity index (χ1) is 15.1. The van der Waals surface area contributed by atoms with Gasteiger partial charge in [-0.3, -0.25) is 9.36 Å². The molecule has 0 unspecified atom stereocenters. The Hall–Kier alpha value is -2.64. The van der Waals surface area contributed by atoms with Gasteiger partial charge in [0.2, 0.25) is 0 Å². The number of nitrogens with zero attached hydrogens (tertiary/aromatic N) is 3. The highest BCUT2D eigenvalue weighted by Gasteiger charge is 2.27. The second-order valence-electron chi connectivity index (χ2n) is 9.55. The molecule has 0 bridgehead atoms. The van der Waals surface area contributed by atoms with E-state index in [1.807, 2.05) is 20.8 Å². The summed E-state index contributed by atoms with van der Waals surface area (Å²) < 4.78 is 24.2. The number of nitrogens with one attached hydrogen (secondary N) is 1. The summed E-state index contributed by atoms with van der Waals surface area (Å²) in [6.45, 7) is 9.80. The number of amides is 1. The van der Waals surface area contributed by atoms with Crippen LogP contribution >= 0.6 is 0 Å². The number of carbonyl (C=O) groups is 1. The molecule has 0 radical (unpaired) electrons. The summed E-state index contributed by atoms with van der Waals surface area (Å²) in [6.07, 6.45) is 4.40. The topological polar surface area (TPSA) is 78.2 Å². The zero-order chi connectivity index (χ0) is 23.6. The maximum Gasteiger partial charge on any atom is 0.350 e. The summed E-state index contributed by atoms with van der Waals surface area (Å²) in [5.74, 6) is -0.349. The van der Waals surface area contributed by atoms with Crippen molar-refractivity contribution in [1.82, 2.24) is 19.7 Å². The van der Waals surface area contributed by atoms with Gasteiger partial charge in [0.05, 0.1) is 11.7 Å². The van der Waals surface area contributed by atoms with Crippen molar-refractivity contribution < 1.29 is 13.9 Å². The lowest BCUT2D eigenvalue weighted by Crippen LogP contribution is -2.33. The van der Waals surface area contributed by atoms with Gasteiger partial charge in [-0.25, -0.2) is 9.18 Å². The van der Waals surface area contributed by atoms with Crippen molar-refractivity contribution in [3.05, 3.63) is 39.8 Å². The Labute approximate surface area is 189 Å². The Morgan fingerprint density at radius 3 is 2.44 bits per heavy atom. The average molecular weight is 447 g/mol. The van der Waals surface area contributed by atoms with E-state index in [0.717, 1.165) is 30.4 Å². The Balaban J connectivity index is 2.05. The van der Waals surface area contributed by atoms with E-state index in [-0.39, 0.29) is 41.0 Å². The van der Waals surface area contributed by atoms with Crippen LogP contribution in [0.2, 0.25) is 0 Å². The van der Waals surface area contributed by atoms with Crippen LogP contribution in [0, 0.1) is 11.7 Å². The molecule has 1 aromatic heterocycles. The van der Waals surface area contributed by atoms with Crippen molar-refractivity contribution in [1.29, 1.82) is 0 Å². The predicted octanol–water partition coefficient (Wildman–Crippen LogP) is 4.32. The molecule has 1 aromatic carbocycles. The van der Waals surface area contributed by atoms with Crippen molar-refractivity contribution in [2.24, 2.45) is 13.0 Å². The molecule has 0 aliphatic heterocycles. The van der Waals surface area contributed by atoms with Crippen molar-refractivity contribution in [2.75, 3.05) is 0 Å². The normalized spacial score (nSPS) is 15.5.